The second-order valence-corrected chi connectivity index (χ2v) is 5.92. The summed E-state index contributed by atoms with van der Waals surface area (Å²) >= 11 is 5.86. The van der Waals surface area contributed by atoms with Crippen LogP contribution in [0.15, 0.2) is 30.6 Å². The lowest BCUT2D eigenvalue weighted by Gasteiger charge is -2.19. The Morgan fingerprint density at radius 3 is 2.91 bits per heavy atom. The van der Waals surface area contributed by atoms with Gasteiger partial charge in [0, 0.05) is 18.0 Å². The van der Waals surface area contributed by atoms with E-state index in [0.29, 0.717) is 12.4 Å². The molecule has 0 spiro atoms. The van der Waals surface area contributed by atoms with Crippen LogP contribution in [0.4, 0.5) is 4.39 Å². The molecule has 2 aliphatic heterocycles. The van der Waals surface area contributed by atoms with Crippen LogP contribution in [0.1, 0.15) is 6.04 Å². The van der Waals surface area contributed by atoms with E-state index in [0.717, 1.165) is 5.56 Å². The summed E-state index contributed by atoms with van der Waals surface area (Å²) in [6.07, 6.45) is 2.39. The van der Waals surface area contributed by atoms with Crippen LogP contribution in [0.5, 0.6) is 0 Å². The predicted molar refractivity (Wildman–Crippen MR) is 77.2 cm³/mol. The Morgan fingerprint density at radius 1 is 1.27 bits per heavy atom. The Balaban J connectivity index is 1.70. The molecule has 0 bridgehead atoms. The largest absolute Gasteiger partial charge is 0.388 e. The third-order valence-corrected chi connectivity index (χ3v) is 4.49. The molecule has 2 fully saturated rings. The second kappa shape index (κ2) is 5.31. The van der Waals surface area contributed by atoms with Gasteiger partial charge in [-0.1, -0.05) is 11.6 Å². The Labute approximate surface area is 131 Å². The van der Waals surface area contributed by atoms with E-state index in [-0.39, 0.29) is 29.9 Å². The Hall–Kier alpha value is -1.47. The summed E-state index contributed by atoms with van der Waals surface area (Å²) in [5, 5.41) is 9.89. The molecule has 1 aromatic carbocycles. The molecule has 1 N–H and O–H groups in total. The van der Waals surface area contributed by atoms with Crippen molar-refractivity contribution in [3.05, 3.63) is 41.4 Å². The van der Waals surface area contributed by atoms with Crippen molar-refractivity contribution < 1.29 is 19.0 Å². The number of aliphatic hydroxyl groups is 1. The third-order valence-electron chi connectivity index (χ3n) is 4.20. The zero-order valence-corrected chi connectivity index (χ0v) is 12.3. The maximum atomic E-state index is 13.3. The van der Waals surface area contributed by atoms with E-state index in [9.17, 15) is 9.50 Å². The summed E-state index contributed by atoms with van der Waals surface area (Å²) in [5.74, 6) is 0.205. The number of aliphatic hydroxyl groups excluding tert-OH is 1. The van der Waals surface area contributed by atoms with Gasteiger partial charge >= 0.3 is 0 Å². The van der Waals surface area contributed by atoms with Crippen LogP contribution in [-0.4, -0.2) is 46.2 Å². The van der Waals surface area contributed by atoms with Gasteiger partial charge in [-0.2, -0.15) is 0 Å². The van der Waals surface area contributed by atoms with Crippen molar-refractivity contribution in [1.29, 1.82) is 0 Å². The van der Waals surface area contributed by atoms with Crippen LogP contribution in [0, 0.1) is 5.82 Å². The fraction of sp³-hybridized carbons (Fsp3) is 0.400. The van der Waals surface area contributed by atoms with Gasteiger partial charge in [-0.15, -0.1) is 0 Å². The molecule has 2 aliphatic rings. The number of benzene rings is 1. The molecule has 0 aliphatic carbocycles. The number of hydrogen-bond acceptors (Lipinski definition) is 4. The molecule has 4 rings (SSSR count). The maximum Gasteiger partial charge on any atom is 0.141 e. The molecule has 5 nitrogen and oxygen atoms in total. The first-order valence-corrected chi connectivity index (χ1v) is 7.42. The monoisotopic (exact) mass is 324 g/mol. The number of aromatic nitrogens is 2. The van der Waals surface area contributed by atoms with E-state index in [1.807, 2.05) is 10.8 Å². The molecule has 1 aromatic heterocycles. The lowest BCUT2D eigenvalue weighted by Crippen LogP contribution is -2.30. The van der Waals surface area contributed by atoms with E-state index in [1.54, 1.807) is 18.3 Å². The predicted octanol–water partition coefficient (Wildman–Crippen LogP) is 2.04. The molecule has 4 atom stereocenters. The minimum absolute atomic E-state index is 0.0557. The highest BCUT2D eigenvalue weighted by Gasteiger charge is 2.48. The smallest absolute Gasteiger partial charge is 0.141 e. The second-order valence-electron chi connectivity index (χ2n) is 5.52. The fourth-order valence-corrected chi connectivity index (χ4v) is 3.32. The van der Waals surface area contributed by atoms with Crippen molar-refractivity contribution >= 4 is 11.6 Å². The van der Waals surface area contributed by atoms with E-state index in [2.05, 4.69) is 4.98 Å². The quantitative estimate of drug-likeness (QED) is 0.918. The van der Waals surface area contributed by atoms with Gasteiger partial charge in [-0.25, -0.2) is 9.37 Å². The van der Waals surface area contributed by atoms with E-state index >= 15 is 0 Å². The van der Waals surface area contributed by atoms with E-state index < -0.39 is 11.9 Å². The van der Waals surface area contributed by atoms with Crippen molar-refractivity contribution in [1.82, 2.24) is 9.55 Å². The highest BCUT2D eigenvalue weighted by molar-refractivity contribution is 6.31. The van der Waals surface area contributed by atoms with Gasteiger partial charge in [0.25, 0.3) is 0 Å². The first-order chi connectivity index (χ1) is 10.6. The van der Waals surface area contributed by atoms with Crippen LogP contribution in [0.3, 0.4) is 0 Å². The van der Waals surface area contributed by atoms with Gasteiger partial charge in [0.05, 0.1) is 24.3 Å². The number of halogens is 2. The zero-order chi connectivity index (χ0) is 15.3. The summed E-state index contributed by atoms with van der Waals surface area (Å²) in [7, 11) is 0. The normalized spacial score (nSPS) is 30.7. The van der Waals surface area contributed by atoms with E-state index in [1.165, 1.54) is 6.07 Å². The maximum absolute atomic E-state index is 13.3. The van der Waals surface area contributed by atoms with Crippen LogP contribution >= 0.6 is 11.6 Å². The number of fused-ring (bicyclic) bond motifs is 1. The van der Waals surface area contributed by atoms with Crippen molar-refractivity contribution in [3.63, 3.8) is 0 Å². The molecule has 0 radical (unpaired) electrons. The van der Waals surface area contributed by atoms with Gasteiger partial charge in [0.15, 0.2) is 0 Å². The summed E-state index contributed by atoms with van der Waals surface area (Å²) in [4.78, 5) is 4.34. The van der Waals surface area contributed by atoms with Crippen LogP contribution in [0.25, 0.3) is 11.4 Å². The summed E-state index contributed by atoms with van der Waals surface area (Å²) in [6.45, 7) is 0.711. The van der Waals surface area contributed by atoms with Crippen LogP contribution < -0.4 is 0 Å². The molecule has 3 heterocycles. The van der Waals surface area contributed by atoms with E-state index in [4.69, 9.17) is 21.1 Å². The Bertz CT molecular complexity index is 708. The molecule has 116 valence electrons. The van der Waals surface area contributed by atoms with Crippen LogP contribution in [0.2, 0.25) is 5.02 Å². The lowest BCUT2D eigenvalue weighted by atomic mass is 10.1. The molecule has 2 saturated heterocycles. The van der Waals surface area contributed by atoms with Crippen molar-refractivity contribution in [2.24, 2.45) is 0 Å². The average molecular weight is 325 g/mol. The molecular formula is C15H14ClFN2O3. The van der Waals surface area contributed by atoms with Gasteiger partial charge in [-0.05, 0) is 18.2 Å². The highest BCUT2D eigenvalue weighted by atomic mass is 35.5. The molecule has 22 heavy (non-hydrogen) atoms. The number of hydrogen-bond donors (Lipinski definition) is 1. The lowest BCUT2D eigenvalue weighted by molar-refractivity contribution is 0.0172. The molecule has 0 unspecified atom stereocenters. The SMILES string of the molecule is O[C@@H]1CO[C@H]2[C@@H]1OC[C@H]2n1ccnc1-c1ccc(F)c(Cl)c1. The van der Waals surface area contributed by atoms with Gasteiger partial charge < -0.3 is 19.1 Å². The number of ether oxygens (including phenoxy) is 2. The van der Waals surface area contributed by atoms with Crippen molar-refractivity contribution in [2.45, 2.75) is 24.4 Å². The third kappa shape index (κ3) is 2.14. The van der Waals surface area contributed by atoms with Gasteiger partial charge in [0.2, 0.25) is 0 Å². The molecule has 0 saturated carbocycles. The highest BCUT2D eigenvalue weighted by Crippen LogP contribution is 2.36. The zero-order valence-electron chi connectivity index (χ0n) is 11.5. The summed E-state index contributed by atoms with van der Waals surface area (Å²) in [5.41, 5.74) is 0.721. The fourth-order valence-electron chi connectivity index (χ4n) is 3.14. The summed E-state index contributed by atoms with van der Waals surface area (Å²) in [6, 6.07) is 4.43. The Morgan fingerprint density at radius 2 is 2.09 bits per heavy atom. The first kappa shape index (κ1) is 14.1. The number of nitrogens with zero attached hydrogens (tertiary/aromatic N) is 2. The average Bonchev–Trinajstić information content (AvgIpc) is 3.19. The minimum Gasteiger partial charge on any atom is -0.388 e. The molecule has 0 amide bonds. The first-order valence-electron chi connectivity index (χ1n) is 7.04. The molecule has 2 aromatic rings. The van der Waals surface area contributed by atoms with Crippen molar-refractivity contribution in [2.75, 3.05) is 13.2 Å². The summed E-state index contributed by atoms with van der Waals surface area (Å²) < 4.78 is 26.6. The van der Waals surface area contributed by atoms with Crippen molar-refractivity contribution in [3.8, 4) is 11.4 Å². The van der Waals surface area contributed by atoms with Gasteiger partial charge in [-0.3, -0.25) is 0 Å². The topological polar surface area (TPSA) is 56.5 Å². The van der Waals surface area contributed by atoms with Crippen LogP contribution in [-0.2, 0) is 9.47 Å². The standard InChI is InChI=1S/C15H14ClFN2O3/c16-9-5-8(1-2-10(9)17)15-18-3-4-19(15)11-6-21-14-12(20)7-22-13(11)14/h1-5,11-14,20H,6-7H2/t11-,12-,13-,14-/m1/s1. The Kier molecular flexibility index (Phi) is 3.41. The number of imidazole rings is 1. The minimum atomic E-state index is -0.595. The molecular weight excluding hydrogens is 311 g/mol. The number of rotatable bonds is 2. The molecule has 7 heteroatoms. The van der Waals surface area contributed by atoms with Gasteiger partial charge in [0.1, 0.15) is 30.0 Å².